The van der Waals surface area contributed by atoms with E-state index in [1.807, 2.05) is 37.0 Å². The average Bonchev–Trinajstić information content (AvgIpc) is 2.91. The van der Waals surface area contributed by atoms with Crippen molar-refractivity contribution >= 4 is 23.2 Å². The van der Waals surface area contributed by atoms with Crippen LogP contribution in [0.2, 0.25) is 0 Å². The SMILES string of the molecule is CCC=Nc1cc(-c2nccn2C)sc1CO. The Bertz CT molecular complexity index is 528. The van der Waals surface area contributed by atoms with E-state index in [2.05, 4.69) is 9.98 Å². The maximum Gasteiger partial charge on any atom is 0.149 e. The Balaban J connectivity index is 2.41. The van der Waals surface area contributed by atoms with Gasteiger partial charge in [-0.25, -0.2) is 4.98 Å². The van der Waals surface area contributed by atoms with E-state index in [-0.39, 0.29) is 6.61 Å². The molecule has 2 aromatic rings. The van der Waals surface area contributed by atoms with Crippen molar-refractivity contribution in [3.63, 3.8) is 0 Å². The van der Waals surface area contributed by atoms with Gasteiger partial charge in [-0.05, 0) is 12.5 Å². The fraction of sp³-hybridized carbons (Fsp3) is 0.333. The van der Waals surface area contributed by atoms with Crippen molar-refractivity contribution in [2.75, 3.05) is 0 Å². The minimum Gasteiger partial charge on any atom is -0.391 e. The summed E-state index contributed by atoms with van der Waals surface area (Å²) >= 11 is 1.53. The number of aliphatic hydroxyl groups excluding tert-OH is 1. The molecule has 4 nitrogen and oxygen atoms in total. The second kappa shape index (κ2) is 5.25. The van der Waals surface area contributed by atoms with Crippen molar-refractivity contribution in [2.45, 2.75) is 20.0 Å². The molecular weight excluding hydrogens is 234 g/mol. The Morgan fingerprint density at radius 1 is 1.59 bits per heavy atom. The number of nitrogens with zero attached hydrogens (tertiary/aromatic N) is 3. The molecule has 2 heterocycles. The van der Waals surface area contributed by atoms with E-state index in [4.69, 9.17) is 0 Å². The van der Waals surface area contributed by atoms with Gasteiger partial charge in [-0.2, -0.15) is 0 Å². The van der Waals surface area contributed by atoms with E-state index in [0.717, 1.165) is 27.7 Å². The number of aryl methyl sites for hydroxylation is 1. The van der Waals surface area contributed by atoms with Gasteiger partial charge in [0.25, 0.3) is 0 Å². The zero-order valence-corrected chi connectivity index (χ0v) is 10.7. The van der Waals surface area contributed by atoms with Gasteiger partial charge >= 0.3 is 0 Å². The van der Waals surface area contributed by atoms with Gasteiger partial charge in [0.15, 0.2) is 0 Å². The van der Waals surface area contributed by atoms with Crippen molar-refractivity contribution < 1.29 is 5.11 Å². The topological polar surface area (TPSA) is 50.4 Å². The summed E-state index contributed by atoms with van der Waals surface area (Å²) < 4.78 is 1.96. The van der Waals surface area contributed by atoms with Gasteiger partial charge in [0.1, 0.15) is 5.82 Å². The van der Waals surface area contributed by atoms with E-state index >= 15 is 0 Å². The number of rotatable bonds is 4. The molecule has 0 radical (unpaired) electrons. The van der Waals surface area contributed by atoms with Crippen LogP contribution in [0, 0.1) is 0 Å². The first-order valence-electron chi connectivity index (χ1n) is 5.50. The van der Waals surface area contributed by atoms with Gasteiger partial charge in [-0.3, -0.25) is 4.99 Å². The first kappa shape index (κ1) is 12.0. The summed E-state index contributed by atoms with van der Waals surface area (Å²) in [5.41, 5.74) is 0.845. The lowest BCUT2D eigenvalue weighted by Crippen LogP contribution is -1.87. The molecule has 0 saturated heterocycles. The van der Waals surface area contributed by atoms with E-state index in [1.165, 1.54) is 11.3 Å². The molecule has 2 rings (SSSR count). The van der Waals surface area contributed by atoms with Gasteiger partial charge < -0.3 is 9.67 Å². The van der Waals surface area contributed by atoms with Crippen LogP contribution in [0.25, 0.3) is 10.7 Å². The average molecular weight is 249 g/mol. The number of aliphatic imine (C=N–C) groups is 1. The molecule has 0 saturated carbocycles. The number of imidazole rings is 1. The third-order valence-corrected chi connectivity index (χ3v) is 3.49. The van der Waals surface area contributed by atoms with Gasteiger partial charge in [-0.15, -0.1) is 11.3 Å². The lowest BCUT2D eigenvalue weighted by molar-refractivity contribution is 0.286. The number of aliphatic hydroxyl groups is 1. The molecule has 2 aromatic heterocycles. The Labute approximate surface area is 104 Å². The zero-order chi connectivity index (χ0) is 12.3. The van der Waals surface area contributed by atoms with E-state index in [9.17, 15) is 5.11 Å². The second-order valence-electron chi connectivity index (χ2n) is 3.66. The van der Waals surface area contributed by atoms with Gasteiger partial charge in [0.2, 0.25) is 0 Å². The van der Waals surface area contributed by atoms with Crippen molar-refractivity contribution in [2.24, 2.45) is 12.0 Å². The number of aromatic nitrogens is 2. The molecule has 0 aromatic carbocycles. The summed E-state index contributed by atoms with van der Waals surface area (Å²) in [4.78, 5) is 10.6. The van der Waals surface area contributed by atoms with Crippen molar-refractivity contribution in [1.82, 2.24) is 9.55 Å². The summed E-state index contributed by atoms with van der Waals surface area (Å²) in [7, 11) is 1.95. The van der Waals surface area contributed by atoms with Gasteiger partial charge in [0.05, 0.1) is 22.0 Å². The highest BCUT2D eigenvalue weighted by Crippen LogP contribution is 2.35. The molecule has 90 valence electrons. The standard InChI is InChI=1S/C12H15N3OS/c1-3-4-13-9-7-10(17-11(9)8-16)12-14-5-6-15(12)2/h4-7,16H,3,8H2,1-2H3. The van der Waals surface area contributed by atoms with Crippen LogP contribution in [0.1, 0.15) is 18.2 Å². The minimum absolute atomic E-state index is 0.0193. The van der Waals surface area contributed by atoms with Crippen LogP contribution in [0.4, 0.5) is 5.69 Å². The molecule has 0 fully saturated rings. The van der Waals surface area contributed by atoms with Crippen molar-refractivity contribution in [1.29, 1.82) is 0 Å². The second-order valence-corrected chi connectivity index (χ2v) is 4.80. The Kier molecular flexibility index (Phi) is 3.71. The molecule has 0 bridgehead atoms. The minimum atomic E-state index is 0.0193. The van der Waals surface area contributed by atoms with Crippen LogP contribution >= 0.6 is 11.3 Å². The lowest BCUT2D eigenvalue weighted by Gasteiger charge is -1.95. The number of hydrogen-bond donors (Lipinski definition) is 1. The molecule has 0 aliphatic heterocycles. The predicted octanol–water partition coefficient (Wildman–Crippen LogP) is 2.75. The summed E-state index contributed by atoms with van der Waals surface area (Å²) in [5, 5.41) is 9.31. The fourth-order valence-corrected chi connectivity index (χ4v) is 2.55. The molecule has 0 atom stereocenters. The van der Waals surface area contributed by atoms with Crippen molar-refractivity contribution in [3.8, 4) is 10.7 Å². The molecule has 0 aliphatic carbocycles. The molecule has 0 aliphatic rings. The summed E-state index contributed by atoms with van der Waals surface area (Å²) in [6.07, 6.45) is 6.41. The third-order valence-electron chi connectivity index (χ3n) is 2.38. The van der Waals surface area contributed by atoms with Gasteiger partial charge in [-0.1, -0.05) is 6.92 Å². The Morgan fingerprint density at radius 2 is 2.41 bits per heavy atom. The van der Waals surface area contributed by atoms with Crippen LogP contribution in [0.15, 0.2) is 23.5 Å². The molecule has 5 heteroatoms. The Hall–Kier alpha value is -1.46. The first-order chi connectivity index (χ1) is 8.26. The van der Waals surface area contributed by atoms with Crippen LogP contribution in [0.5, 0.6) is 0 Å². The summed E-state index contributed by atoms with van der Waals surface area (Å²) in [6, 6.07) is 1.98. The fourth-order valence-electron chi connectivity index (χ4n) is 1.54. The highest BCUT2D eigenvalue weighted by atomic mass is 32.1. The van der Waals surface area contributed by atoms with E-state index < -0.39 is 0 Å². The largest absolute Gasteiger partial charge is 0.391 e. The molecule has 1 N–H and O–H groups in total. The van der Waals surface area contributed by atoms with E-state index in [0.29, 0.717) is 0 Å². The Morgan fingerprint density at radius 3 is 3.00 bits per heavy atom. The smallest absolute Gasteiger partial charge is 0.149 e. The van der Waals surface area contributed by atoms with Crippen LogP contribution in [-0.4, -0.2) is 20.9 Å². The molecule has 0 amide bonds. The normalized spacial score (nSPS) is 11.5. The molecule has 0 unspecified atom stereocenters. The maximum absolute atomic E-state index is 9.31. The zero-order valence-electron chi connectivity index (χ0n) is 9.92. The van der Waals surface area contributed by atoms with Gasteiger partial charge in [0, 0.05) is 25.7 Å². The lowest BCUT2D eigenvalue weighted by atomic mass is 10.3. The van der Waals surface area contributed by atoms with Crippen LogP contribution < -0.4 is 0 Å². The molecular formula is C12H15N3OS. The van der Waals surface area contributed by atoms with Crippen LogP contribution in [-0.2, 0) is 13.7 Å². The van der Waals surface area contributed by atoms with Crippen molar-refractivity contribution in [3.05, 3.63) is 23.3 Å². The third kappa shape index (κ3) is 2.45. The quantitative estimate of drug-likeness (QED) is 0.847. The first-order valence-corrected chi connectivity index (χ1v) is 6.31. The predicted molar refractivity (Wildman–Crippen MR) is 70.9 cm³/mol. The summed E-state index contributed by atoms with van der Waals surface area (Å²) in [6.45, 7) is 2.06. The van der Waals surface area contributed by atoms with E-state index in [1.54, 1.807) is 6.20 Å². The highest BCUT2D eigenvalue weighted by Gasteiger charge is 2.11. The van der Waals surface area contributed by atoms with Crippen LogP contribution in [0.3, 0.4) is 0 Å². The highest BCUT2D eigenvalue weighted by molar-refractivity contribution is 7.16. The number of thiophene rings is 1. The monoisotopic (exact) mass is 249 g/mol. The molecule has 0 spiro atoms. The molecule has 17 heavy (non-hydrogen) atoms. The summed E-state index contributed by atoms with van der Waals surface area (Å²) in [5.74, 6) is 0.905. The maximum atomic E-state index is 9.31. The number of hydrogen-bond acceptors (Lipinski definition) is 4.